The standard InChI is InChI=1S/C30H21Cl3F6N6O3/c1-45-21-11-23(48-12-25(35)36)15(28(47)40-14-4-6-18(34)17(32)8-14)9-19(21)41-29(45)42-27-16(31)5-2-13(26(27)33)3-7-22(46)20-10-24(44-43-20)30(37,38)39/h2,4-6,8-11,25H,3,7,12H2,1H3,(H,40,47)(H,41,42)(H,43,44). The van der Waals surface area contributed by atoms with Gasteiger partial charge >= 0.3 is 6.18 Å². The molecule has 2 aromatic heterocycles. The van der Waals surface area contributed by atoms with Crippen molar-refractivity contribution in [2.75, 3.05) is 17.2 Å². The van der Waals surface area contributed by atoms with E-state index in [0.717, 1.165) is 6.07 Å². The number of ketones is 1. The second-order valence-corrected chi connectivity index (χ2v) is 11.4. The smallest absolute Gasteiger partial charge is 0.432 e. The lowest BCUT2D eigenvalue weighted by molar-refractivity contribution is -0.141. The number of benzene rings is 3. The molecule has 2 heterocycles. The molecular weight excluding hydrogens is 713 g/mol. The number of halogens is 9. The van der Waals surface area contributed by atoms with E-state index in [1.165, 1.54) is 34.9 Å². The van der Waals surface area contributed by atoms with Gasteiger partial charge in [0.1, 0.15) is 29.6 Å². The second-order valence-electron chi connectivity index (χ2n) is 10.2. The molecule has 18 heteroatoms. The van der Waals surface area contributed by atoms with Crippen LogP contribution >= 0.6 is 34.8 Å². The highest BCUT2D eigenvalue weighted by Crippen LogP contribution is 2.37. The van der Waals surface area contributed by atoms with E-state index in [0.29, 0.717) is 17.1 Å². The highest BCUT2D eigenvalue weighted by molar-refractivity contribution is 6.39. The zero-order valence-electron chi connectivity index (χ0n) is 24.3. The van der Waals surface area contributed by atoms with Gasteiger partial charge < -0.3 is 19.9 Å². The number of ether oxygens (including phenoxy) is 1. The average Bonchev–Trinajstić information content (AvgIpc) is 3.64. The number of anilines is 3. The van der Waals surface area contributed by atoms with Crippen molar-refractivity contribution in [1.29, 1.82) is 0 Å². The summed E-state index contributed by atoms with van der Waals surface area (Å²) in [5.74, 6) is -2.17. The fourth-order valence-corrected chi connectivity index (χ4v) is 5.29. The van der Waals surface area contributed by atoms with Crippen LogP contribution in [0.15, 0.2) is 48.5 Å². The molecule has 252 valence electrons. The van der Waals surface area contributed by atoms with Crippen LogP contribution in [0.5, 0.6) is 5.75 Å². The number of H-pyrrole nitrogens is 1. The molecule has 48 heavy (non-hydrogen) atoms. The minimum absolute atomic E-state index is 0.0306. The summed E-state index contributed by atoms with van der Waals surface area (Å²) >= 11 is 18.8. The number of hydrogen-bond acceptors (Lipinski definition) is 6. The summed E-state index contributed by atoms with van der Waals surface area (Å²) in [5, 5.41) is 10.8. The number of nitrogens with one attached hydrogen (secondary N) is 3. The van der Waals surface area contributed by atoms with Gasteiger partial charge in [0.05, 0.1) is 37.4 Å². The number of imidazole rings is 1. The Morgan fingerprint density at radius 1 is 1.04 bits per heavy atom. The number of carbonyl (C=O) groups is 2. The van der Waals surface area contributed by atoms with Crippen molar-refractivity contribution in [3.8, 4) is 5.75 Å². The van der Waals surface area contributed by atoms with Crippen LogP contribution < -0.4 is 15.4 Å². The zero-order chi connectivity index (χ0) is 34.9. The van der Waals surface area contributed by atoms with E-state index < -0.39 is 42.4 Å². The molecule has 5 aromatic rings. The number of carbonyl (C=O) groups excluding carboxylic acids is 2. The predicted molar refractivity (Wildman–Crippen MR) is 168 cm³/mol. The van der Waals surface area contributed by atoms with Crippen LogP contribution in [0.3, 0.4) is 0 Å². The fraction of sp³-hybridized carbons (Fsp3) is 0.200. The Hall–Kier alpha value is -4.47. The maximum Gasteiger partial charge on any atom is 0.432 e. The molecule has 9 nitrogen and oxygen atoms in total. The number of amides is 1. The van der Waals surface area contributed by atoms with Crippen molar-refractivity contribution in [2.45, 2.75) is 25.4 Å². The molecule has 0 bridgehead atoms. The Morgan fingerprint density at radius 2 is 1.79 bits per heavy atom. The number of hydrogen-bond donors (Lipinski definition) is 3. The molecule has 0 fully saturated rings. The lowest BCUT2D eigenvalue weighted by Gasteiger charge is -2.14. The first kappa shape index (κ1) is 34.9. The second kappa shape index (κ2) is 13.9. The Bertz CT molecular complexity index is 2030. The summed E-state index contributed by atoms with van der Waals surface area (Å²) in [5.41, 5.74) is -0.344. The minimum atomic E-state index is -4.69. The summed E-state index contributed by atoms with van der Waals surface area (Å²) in [6.07, 6.45) is -7.72. The van der Waals surface area contributed by atoms with Gasteiger partial charge in [0, 0.05) is 25.2 Å². The van der Waals surface area contributed by atoms with Crippen molar-refractivity contribution in [1.82, 2.24) is 19.7 Å². The summed E-state index contributed by atoms with van der Waals surface area (Å²) in [6.45, 7) is -1.01. The maximum atomic E-state index is 13.6. The van der Waals surface area contributed by atoms with Crippen LogP contribution in [-0.4, -0.2) is 44.5 Å². The zero-order valence-corrected chi connectivity index (χ0v) is 26.6. The van der Waals surface area contributed by atoms with Crippen molar-refractivity contribution < 1.29 is 40.7 Å². The van der Waals surface area contributed by atoms with Gasteiger partial charge in [-0.15, -0.1) is 0 Å². The molecule has 3 N–H and O–H groups in total. The van der Waals surface area contributed by atoms with E-state index in [-0.39, 0.29) is 67.8 Å². The van der Waals surface area contributed by atoms with Crippen molar-refractivity contribution in [3.63, 3.8) is 0 Å². The van der Waals surface area contributed by atoms with E-state index in [9.17, 15) is 35.9 Å². The number of Topliss-reactive ketones (excluding diaryl/α,β-unsaturated/α-hetero) is 1. The Balaban J connectivity index is 1.41. The minimum Gasteiger partial charge on any atom is -0.487 e. The molecular formula is C30H21Cl3F6N6O3. The van der Waals surface area contributed by atoms with Crippen LogP contribution in [-0.2, 0) is 19.6 Å². The largest absolute Gasteiger partial charge is 0.487 e. The monoisotopic (exact) mass is 732 g/mol. The molecule has 5 rings (SSSR count). The average molecular weight is 734 g/mol. The van der Waals surface area contributed by atoms with Gasteiger partial charge in [-0.25, -0.2) is 18.2 Å². The van der Waals surface area contributed by atoms with Gasteiger partial charge in [0.25, 0.3) is 12.3 Å². The third kappa shape index (κ3) is 7.63. The molecule has 3 aromatic carbocycles. The van der Waals surface area contributed by atoms with Gasteiger partial charge in [-0.3, -0.25) is 14.7 Å². The molecule has 1 amide bonds. The number of fused-ring (bicyclic) bond motifs is 1. The molecule has 0 aliphatic heterocycles. The molecule has 0 aliphatic carbocycles. The fourth-order valence-electron chi connectivity index (χ4n) is 4.55. The summed E-state index contributed by atoms with van der Waals surface area (Å²) in [4.78, 5) is 30.2. The van der Waals surface area contributed by atoms with Gasteiger partial charge in [0.15, 0.2) is 5.78 Å². The van der Waals surface area contributed by atoms with Crippen molar-refractivity contribution >= 4 is 74.8 Å². The molecule has 0 saturated carbocycles. The summed E-state index contributed by atoms with van der Waals surface area (Å²) in [6, 6.07) is 9.81. The third-order valence-electron chi connectivity index (χ3n) is 6.97. The lowest BCUT2D eigenvalue weighted by Crippen LogP contribution is -2.16. The molecule has 0 saturated heterocycles. The van der Waals surface area contributed by atoms with Crippen LogP contribution in [0, 0.1) is 5.82 Å². The lowest BCUT2D eigenvalue weighted by atomic mass is 10.0. The number of rotatable bonds is 11. The van der Waals surface area contributed by atoms with Gasteiger partial charge in [0.2, 0.25) is 5.95 Å². The highest BCUT2D eigenvalue weighted by atomic mass is 35.5. The molecule has 0 atom stereocenters. The number of nitrogens with zero attached hydrogens (tertiary/aromatic N) is 3. The van der Waals surface area contributed by atoms with Crippen molar-refractivity contribution in [2.24, 2.45) is 7.05 Å². The first-order valence-electron chi connectivity index (χ1n) is 13.7. The summed E-state index contributed by atoms with van der Waals surface area (Å²) in [7, 11) is 1.58. The molecule has 0 unspecified atom stereocenters. The van der Waals surface area contributed by atoms with Gasteiger partial charge in [-0.1, -0.05) is 40.9 Å². The van der Waals surface area contributed by atoms with Gasteiger partial charge in [-0.05, 0) is 48.4 Å². The first-order chi connectivity index (χ1) is 22.6. The van der Waals surface area contributed by atoms with Crippen LogP contribution in [0.1, 0.15) is 38.5 Å². The predicted octanol–water partition coefficient (Wildman–Crippen LogP) is 8.87. The number of alkyl halides is 5. The molecule has 0 aliphatic rings. The highest BCUT2D eigenvalue weighted by Gasteiger charge is 2.33. The normalized spacial score (nSPS) is 11.7. The van der Waals surface area contributed by atoms with E-state index >= 15 is 0 Å². The van der Waals surface area contributed by atoms with Crippen LogP contribution in [0.2, 0.25) is 15.1 Å². The topological polar surface area (TPSA) is 114 Å². The van der Waals surface area contributed by atoms with E-state index in [1.807, 2.05) is 0 Å². The van der Waals surface area contributed by atoms with Gasteiger partial charge in [-0.2, -0.15) is 18.3 Å². The van der Waals surface area contributed by atoms with Crippen molar-refractivity contribution in [3.05, 3.63) is 91.9 Å². The Kier molecular flexibility index (Phi) is 10.1. The molecule has 0 spiro atoms. The summed E-state index contributed by atoms with van der Waals surface area (Å²) < 4.78 is 85.1. The first-order valence-corrected chi connectivity index (χ1v) is 14.8. The van der Waals surface area contributed by atoms with E-state index in [1.54, 1.807) is 18.2 Å². The number of aryl methyl sites for hydroxylation is 2. The maximum absolute atomic E-state index is 13.6. The molecule has 0 radical (unpaired) electrons. The number of aromatic nitrogens is 4. The Morgan fingerprint density at radius 3 is 2.46 bits per heavy atom. The van der Waals surface area contributed by atoms with E-state index in [2.05, 4.69) is 20.7 Å². The SMILES string of the molecule is Cn1c(Nc2c(Cl)ccc(CCC(=O)c3cc(C(F)(F)F)[nH]n3)c2Cl)nc2cc(C(=O)Nc3ccc(F)c(Cl)c3)c(OCC(F)F)cc21. The third-order valence-corrected chi connectivity index (χ3v) is 8.00. The quantitative estimate of drug-likeness (QED) is 0.0924. The number of aromatic amines is 1. The van der Waals surface area contributed by atoms with E-state index in [4.69, 9.17) is 39.5 Å². The van der Waals surface area contributed by atoms with Crippen LogP contribution in [0.25, 0.3) is 11.0 Å². The Labute approximate surface area is 282 Å². The van der Waals surface area contributed by atoms with Crippen LogP contribution in [0.4, 0.5) is 43.7 Å².